The van der Waals surface area contributed by atoms with Gasteiger partial charge in [0.15, 0.2) is 0 Å². The molecular formula is C19H24N2O4S2. The van der Waals surface area contributed by atoms with Crippen LogP contribution in [-0.2, 0) is 21.4 Å². The Morgan fingerprint density at radius 3 is 2.63 bits per heavy atom. The molecular weight excluding hydrogens is 384 g/mol. The minimum atomic E-state index is -3.69. The van der Waals surface area contributed by atoms with E-state index in [1.54, 1.807) is 17.0 Å². The average molecular weight is 409 g/mol. The molecule has 0 radical (unpaired) electrons. The molecule has 1 unspecified atom stereocenters. The molecule has 0 saturated carbocycles. The fourth-order valence-corrected chi connectivity index (χ4v) is 6.41. The molecule has 0 bridgehead atoms. The van der Waals surface area contributed by atoms with Crippen LogP contribution in [0.1, 0.15) is 23.3 Å². The lowest BCUT2D eigenvalue weighted by atomic mass is 10.1. The lowest BCUT2D eigenvalue weighted by Gasteiger charge is -2.29. The summed E-state index contributed by atoms with van der Waals surface area (Å²) >= 11 is 1.22. The van der Waals surface area contributed by atoms with E-state index in [2.05, 4.69) is 0 Å². The van der Waals surface area contributed by atoms with Crippen LogP contribution in [0, 0.1) is 6.92 Å². The van der Waals surface area contributed by atoms with Gasteiger partial charge in [-0.15, -0.1) is 11.3 Å². The number of carbonyl (C=O) groups excluding carboxylic acids is 1. The van der Waals surface area contributed by atoms with Gasteiger partial charge in [-0.05, 0) is 37.5 Å². The van der Waals surface area contributed by atoms with E-state index in [0.29, 0.717) is 25.9 Å². The number of hydrogen-bond donors (Lipinski definition) is 1. The largest absolute Gasteiger partial charge is 0.395 e. The Bertz CT molecular complexity index is 880. The fraction of sp³-hybridized carbons (Fsp3) is 0.421. The van der Waals surface area contributed by atoms with Gasteiger partial charge in [0.2, 0.25) is 5.91 Å². The molecule has 1 N–H and O–H groups in total. The van der Waals surface area contributed by atoms with Crippen molar-refractivity contribution in [3.05, 3.63) is 52.9 Å². The summed E-state index contributed by atoms with van der Waals surface area (Å²) in [6.07, 6.45) is 1.15. The van der Waals surface area contributed by atoms with Crippen molar-refractivity contribution in [2.45, 2.75) is 36.6 Å². The van der Waals surface area contributed by atoms with Crippen LogP contribution in [0.2, 0.25) is 0 Å². The molecule has 8 heteroatoms. The van der Waals surface area contributed by atoms with Gasteiger partial charge < -0.3 is 10.0 Å². The number of benzene rings is 1. The monoisotopic (exact) mass is 408 g/mol. The van der Waals surface area contributed by atoms with Crippen molar-refractivity contribution in [2.75, 3.05) is 19.7 Å². The SMILES string of the molecule is Cc1ccc(S(=O)(=O)N2CCCC2C(=O)N(CCO)Cc2ccccc2)s1. The van der Waals surface area contributed by atoms with Crippen molar-refractivity contribution >= 4 is 27.3 Å². The maximum Gasteiger partial charge on any atom is 0.253 e. The third-order valence-corrected chi connectivity index (χ3v) is 8.04. The van der Waals surface area contributed by atoms with E-state index in [4.69, 9.17) is 0 Å². The number of aryl methyl sites for hydroxylation is 1. The number of aliphatic hydroxyl groups is 1. The van der Waals surface area contributed by atoms with Crippen LogP contribution in [0.3, 0.4) is 0 Å². The number of carbonyl (C=O) groups is 1. The zero-order chi connectivity index (χ0) is 19.4. The summed E-state index contributed by atoms with van der Waals surface area (Å²) in [7, 11) is -3.69. The zero-order valence-electron chi connectivity index (χ0n) is 15.2. The van der Waals surface area contributed by atoms with Crippen LogP contribution in [-0.4, -0.2) is 54.4 Å². The van der Waals surface area contributed by atoms with Gasteiger partial charge in [0, 0.05) is 24.5 Å². The topological polar surface area (TPSA) is 77.9 Å². The first-order valence-corrected chi connectivity index (χ1v) is 11.2. The predicted molar refractivity (Wildman–Crippen MR) is 105 cm³/mol. The summed E-state index contributed by atoms with van der Waals surface area (Å²) in [5.41, 5.74) is 0.945. The molecule has 2 aromatic rings. The number of hydrogen-bond acceptors (Lipinski definition) is 5. The van der Waals surface area contributed by atoms with E-state index in [-0.39, 0.29) is 23.3 Å². The third-order valence-electron chi connectivity index (χ3n) is 4.67. The molecule has 3 rings (SSSR count). The fourth-order valence-electron chi connectivity index (χ4n) is 3.34. The van der Waals surface area contributed by atoms with Gasteiger partial charge in [-0.25, -0.2) is 8.42 Å². The van der Waals surface area contributed by atoms with Gasteiger partial charge >= 0.3 is 0 Å². The Balaban J connectivity index is 1.82. The number of amides is 1. The van der Waals surface area contributed by atoms with Crippen LogP contribution >= 0.6 is 11.3 Å². The first-order chi connectivity index (χ1) is 12.9. The van der Waals surface area contributed by atoms with Crippen LogP contribution in [0.25, 0.3) is 0 Å². The Labute approximate surface area is 164 Å². The van der Waals surface area contributed by atoms with E-state index in [1.165, 1.54) is 15.6 Å². The average Bonchev–Trinajstić information content (AvgIpc) is 3.31. The van der Waals surface area contributed by atoms with E-state index in [9.17, 15) is 18.3 Å². The lowest BCUT2D eigenvalue weighted by molar-refractivity contribution is -0.135. The van der Waals surface area contributed by atoms with Crippen molar-refractivity contribution in [3.63, 3.8) is 0 Å². The number of thiophene rings is 1. The van der Waals surface area contributed by atoms with Crippen molar-refractivity contribution in [1.29, 1.82) is 0 Å². The summed E-state index contributed by atoms with van der Waals surface area (Å²) in [5, 5.41) is 9.39. The molecule has 1 aromatic heterocycles. The highest BCUT2D eigenvalue weighted by atomic mass is 32.2. The Morgan fingerprint density at radius 2 is 2.00 bits per heavy atom. The normalized spacial score (nSPS) is 17.9. The van der Waals surface area contributed by atoms with Gasteiger partial charge in [-0.1, -0.05) is 30.3 Å². The second-order valence-corrected chi connectivity index (χ2v) is 10.0. The number of sulfonamides is 1. The molecule has 1 amide bonds. The minimum Gasteiger partial charge on any atom is -0.395 e. The molecule has 2 heterocycles. The Kier molecular flexibility index (Phi) is 6.31. The van der Waals surface area contributed by atoms with Gasteiger partial charge in [0.1, 0.15) is 10.3 Å². The second kappa shape index (κ2) is 8.52. The first-order valence-electron chi connectivity index (χ1n) is 8.95. The standard InChI is InChI=1S/C19H24N2O4S2/c1-15-9-10-18(26-15)27(24,25)21-11-5-8-17(21)19(23)20(12-13-22)14-16-6-3-2-4-7-16/h2-4,6-7,9-10,17,22H,5,8,11-14H2,1H3. The van der Waals surface area contributed by atoms with Crippen molar-refractivity contribution in [2.24, 2.45) is 0 Å². The molecule has 1 fully saturated rings. The molecule has 27 heavy (non-hydrogen) atoms. The highest BCUT2D eigenvalue weighted by molar-refractivity contribution is 7.91. The number of rotatable bonds is 7. The van der Waals surface area contributed by atoms with Gasteiger partial charge in [-0.3, -0.25) is 4.79 Å². The molecule has 1 aliphatic rings. The summed E-state index contributed by atoms with van der Waals surface area (Å²) < 4.78 is 27.6. The highest BCUT2D eigenvalue weighted by Crippen LogP contribution is 2.31. The van der Waals surface area contributed by atoms with Crippen LogP contribution < -0.4 is 0 Å². The van der Waals surface area contributed by atoms with Gasteiger partial charge in [0.05, 0.1) is 6.61 Å². The van der Waals surface area contributed by atoms with Gasteiger partial charge in [0.25, 0.3) is 10.0 Å². The maximum atomic E-state index is 13.1. The minimum absolute atomic E-state index is 0.165. The molecule has 1 aromatic carbocycles. The molecule has 0 spiro atoms. The van der Waals surface area contributed by atoms with E-state index in [0.717, 1.165) is 10.4 Å². The zero-order valence-corrected chi connectivity index (χ0v) is 16.9. The number of aliphatic hydroxyl groups excluding tert-OH is 1. The summed E-state index contributed by atoms with van der Waals surface area (Å²) in [6, 6.07) is 12.2. The summed E-state index contributed by atoms with van der Waals surface area (Å²) in [5.74, 6) is -0.248. The van der Waals surface area contributed by atoms with Crippen molar-refractivity contribution in [1.82, 2.24) is 9.21 Å². The van der Waals surface area contributed by atoms with E-state index >= 15 is 0 Å². The van der Waals surface area contributed by atoms with Crippen molar-refractivity contribution < 1.29 is 18.3 Å². The number of nitrogens with zero attached hydrogens (tertiary/aromatic N) is 2. The highest BCUT2D eigenvalue weighted by Gasteiger charge is 2.41. The molecule has 0 aliphatic carbocycles. The van der Waals surface area contributed by atoms with Gasteiger partial charge in [-0.2, -0.15) is 4.31 Å². The molecule has 1 aliphatic heterocycles. The van der Waals surface area contributed by atoms with Crippen LogP contribution in [0.5, 0.6) is 0 Å². The van der Waals surface area contributed by atoms with E-state index in [1.807, 2.05) is 37.3 Å². The smallest absolute Gasteiger partial charge is 0.253 e. The molecule has 1 atom stereocenters. The Hall–Kier alpha value is -1.74. The van der Waals surface area contributed by atoms with E-state index < -0.39 is 16.1 Å². The summed E-state index contributed by atoms with van der Waals surface area (Å²) in [4.78, 5) is 15.6. The molecule has 146 valence electrons. The van der Waals surface area contributed by atoms with Crippen LogP contribution in [0.15, 0.2) is 46.7 Å². The first kappa shape index (κ1) is 20.0. The third kappa shape index (κ3) is 4.40. The molecule has 6 nitrogen and oxygen atoms in total. The maximum absolute atomic E-state index is 13.1. The predicted octanol–water partition coefficient (Wildman–Crippen LogP) is 2.23. The lowest BCUT2D eigenvalue weighted by Crippen LogP contribution is -2.48. The second-order valence-electron chi connectivity index (χ2n) is 6.61. The quantitative estimate of drug-likeness (QED) is 0.762. The molecule has 1 saturated heterocycles. The Morgan fingerprint density at radius 1 is 1.26 bits per heavy atom. The van der Waals surface area contributed by atoms with Crippen LogP contribution in [0.4, 0.5) is 0 Å². The summed E-state index contributed by atoms with van der Waals surface area (Å²) in [6.45, 7) is 2.56. The van der Waals surface area contributed by atoms with Crippen molar-refractivity contribution in [3.8, 4) is 0 Å².